The van der Waals surface area contributed by atoms with Gasteiger partial charge in [-0.05, 0) is 54.3 Å². The monoisotopic (exact) mass is 368 g/mol. The molecule has 26 heavy (non-hydrogen) atoms. The molecule has 0 saturated heterocycles. The fourth-order valence-corrected chi connectivity index (χ4v) is 4.43. The third-order valence-electron chi connectivity index (χ3n) is 5.29. The Hall–Kier alpha value is -2.27. The van der Waals surface area contributed by atoms with E-state index in [0.29, 0.717) is 12.5 Å². The molecule has 1 saturated carbocycles. The molecule has 1 aromatic carbocycles. The van der Waals surface area contributed by atoms with Gasteiger partial charge in [0.05, 0.1) is 17.3 Å². The zero-order valence-electron chi connectivity index (χ0n) is 15.0. The predicted molar refractivity (Wildman–Crippen MR) is 106 cm³/mol. The van der Waals surface area contributed by atoms with Crippen LogP contribution < -0.4 is 10.1 Å². The van der Waals surface area contributed by atoms with Crippen LogP contribution in [0.3, 0.4) is 0 Å². The molecule has 0 spiro atoms. The molecule has 2 heterocycles. The molecular formula is C21H24N2O2S. The second kappa shape index (κ2) is 7.54. The van der Waals surface area contributed by atoms with E-state index in [9.17, 15) is 4.79 Å². The van der Waals surface area contributed by atoms with Gasteiger partial charge >= 0.3 is 0 Å². The lowest BCUT2D eigenvalue weighted by Gasteiger charge is -2.26. The largest absolute Gasteiger partial charge is 0.496 e. The van der Waals surface area contributed by atoms with E-state index in [1.165, 1.54) is 29.5 Å². The minimum Gasteiger partial charge on any atom is -0.496 e. The first kappa shape index (κ1) is 17.2. The van der Waals surface area contributed by atoms with Crippen molar-refractivity contribution in [3.63, 3.8) is 0 Å². The summed E-state index contributed by atoms with van der Waals surface area (Å²) in [6.07, 6.45) is 4.63. The van der Waals surface area contributed by atoms with E-state index in [0.717, 1.165) is 30.0 Å². The smallest absolute Gasteiger partial charge is 0.267 e. The molecule has 2 aromatic heterocycles. The number of carbonyl (C=O) groups is 1. The van der Waals surface area contributed by atoms with Gasteiger partial charge in [0.2, 0.25) is 0 Å². The zero-order chi connectivity index (χ0) is 17.9. The van der Waals surface area contributed by atoms with Gasteiger partial charge in [-0.1, -0.05) is 24.6 Å². The number of fused-ring (bicyclic) bond motifs is 1. The zero-order valence-corrected chi connectivity index (χ0v) is 15.8. The maximum absolute atomic E-state index is 12.8. The Morgan fingerprint density at radius 1 is 1.31 bits per heavy atom. The minimum absolute atomic E-state index is 0.0163. The molecule has 0 aliphatic heterocycles. The number of benzene rings is 1. The lowest BCUT2D eigenvalue weighted by Crippen LogP contribution is -2.29. The molecule has 0 bridgehead atoms. The van der Waals surface area contributed by atoms with Crippen molar-refractivity contribution in [3.8, 4) is 5.75 Å². The first-order valence-electron chi connectivity index (χ1n) is 9.23. The normalized spacial score (nSPS) is 14.3. The van der Waals surface area contributed by atoms with Crippen LogP contribution >= 0.6 is 11.3 Å². The number of carbonyl (C=O) groups excluding carboxylic acids is 1. The molecule has 1 aliphatic rings. The predicted octanol–water partition coefficient (Wildman–Crippen LogP) is 4.48. The van der Waals surface area contributed by atoms with E-state index >= 15 is 0 Å². The molecule has 1 fully saturated rings. The minimum atomic E-state index is 0.0163. The van der Waals surface area contributed by atoms with Gasteiger partial charge in [-0.15, -0.1) is 11.3 Å². The summed E-state index contributed by atoms with van der Waals surface area (Å²) in [6.45, 7) is 1.55. The van der Waals surface area contributed by atoms with Crippen LogP contribution in [0.25, 0.3) is 10.2 Å². The number of nitrogens with one attached hydrogen (secondary N) is 1. The highest BCUT2D eigenvalue weighted by Gasteiger charge is 2.23. The molecule has 3 aromatic rings. The quantitative estimate of drug-likeness (QED) is 0.668. The van der Waals surface area contributed by atoms with Crippen LogP contribution in [0.5, 0.6) is 5.75 Å². The average molecular weight is 369 g/mol. The number of para-hydroxylation sites is 1. The van der Waals surface area contributed by atoms with E-state index in [1.54, 1.807) is 18.4 Å². The molecule has 1 amide bonds. The maximum Gasteiger partial charge on any atom is 0.267 e. The summed E-state index contributed by atoms with van der Waals surface area (Å²) in [5, 5.41) is 5.19. The van der Waals surface area contributed by atoms with Crippen molar-refractivity contribution in [2.45, 2.75) is 32.2 Å². The average Bonchev–Trinajstić information content (AvgIpc) is 3.20. The van der Waals surface area contributed by atoms with Crippen molar-refractivity contribution in [2.75, 3.05) is 13.7 Å². The Balaban J connectivity index is 1.45. The van der Waals surface area contributed by atoms with Gasteiger partial charge in [0.25, 0.3) is 5.91 Å². The van der Waals surface area contributed by atoms with Crippen molar-refractivity contribution in [2.24, 2.45) is 5.92 Å². The Labute approximate surface area is 157 Å². The molecule has 0 unspecified atom stereocenters. The fourth-order valence-electron chi connectivity index (χ4n) is 3.61. The van der Waals surface area contributed by atoms with E-state index in [1.807, 2.05) is 30.3 Å². The highest BCUT2D eigenvalue weighted by Crippen LogP contribution is 2.32. The number of rotatable bonds is 7. The van der Waals surface area contributed by atoms with Crippen molar-refractivity contribution in [3.05, 3.63) is 53.0 Å². The third-order valence-corrected chi connectivity index (χ3v) is 6.15. The molecular weight excluding hydrogens is 344 g/mol. The summed E-state index contributed by atoms with van der Waals surface area (Å²) in [4.78, 5) is 12.8. The van der Waals surface area contributed by atoms with Crippen molar-refractivity contribution in [1.82, 2.24) is 9.88 Å². The van der Waals surface area contributed by atoms with Gasteiger partial charge < -0.3 is 14.6 Å². The molecule has 0 radical (unpaired) electrons. The molecule has 4 nitrogen and oxygen atoms in total. The first-order chi connectivity index (χ1) is 12.8. The lowest BCUT2D eigenvalue weighted by atomic mass is 9.85. The van der Waals surface area contributed by atoms with Crippen LogP contribution in [-0.4, -0.2) is 24.1 Å². The van der Waals surface area contributed by atoms with Crippen LogP contribution in [0, 0.1) is 5.92 Å². The van der Waals surface area contributed by atoms with E-state index in [2.05, 4.69) is 21.3 Å². The van der Waals surface area contributed by atoms with E-state index < -0.39 is 0 Å². The van der Waals surface area contributed by atoms with Crippen molar-refractivity contribution >= 4 is 27.5 Å². The number of nitrogens with zero attached hydrogens (tertiary/aromatic N) is 1. The molecule has 5 heteroatoms. The third kappa shape index (κ3) is 3.36. The molecule has 4 rings (SSSR count). The molecule has 1 aliphatic carbocycles. The van der Waals surface area contributed by atoms with Gasteiger partial charge in [0.1, 0.15) is 11.4 Å². The Kier molecular flexibility index (Phi) is 4.98. The number of amides is 1. The number of hydrogen-bond donors (Lipinski definition) is 1. The number of thiophene rings is 1. The van der Waals surface area contributed by atoms with Crippen LogP contribution in [-0.2, 0) is 13.0 Å². The van der Waals surface area contributed by atoms with Gasteiger partial charge in [0.15, 0.2) is 0 Å². The molecule has 1 N–H and O–H groups in total. The Bertz CT molecular complexity index is 908. The summed E-state index contributed by atoms with van der Waals surface area (Å²) in [7, 11) is 1.68. The van der Waals surface area contributed by atoms with E-state index in [4.69, 9.17) is 4.74 Å². The summed E-state index contributed by atoms with van der Waals surface area (Å²) >= 11 is 1.70. The van der Waals surface area contributed by atoms with Crippen LogP contribution in [0.1, 0.15) is 35.3 Å². The first-order valence-corrected chi connectivity index (χ1v) is 10.1. The molecule has 0 atom stereocenters. The molecule has 136 valence electrons. The Morgan fingerprint density at radius 3 is 2.92 bits per heavy atom. The topological polar surface area (TPSA) is 43.3 Å². The standard InChI is InChI=1S/C21H24N2O2S/c1-25-19-8-3-2-7-16(19)9-11-22-21(24)18-13-20-17(10-12-26-20)23(18)14-15-5-4-6-15/h2-3,7-8,10,12-13,15H,4-6,9,11,14H2,1H3,(H,22,24). The van der Waals surface area contributed by atoms with Gasteiger partial charge in [0, 0.05) is 13.1 Å². The fraction of sp³-hybridized carbons (Fsp3) is 0.381. The highest BCUT2D eigenvalue weighted by atomic mass is 32.1. The number of ether oxygens (including phenoxy) is 1. The van der Waals surface area contributed by atoms with Crippen LogP contribution in [0.15, 0.2) is 41.8 Å². The Morgan fingerprint density at radius 2 is 2.15 bits per heavy atom. The van der Waals surface area contributed by atoms with E-state index in [-0.39, 0.29) is 5.91 Å². The summed E-state index contributed by atoms with van der Waals surface area (Å²) in [5.41, 5.74) is 3.09. The number of methoxy groups -OCH3 is 1. The van der Waals surface area contributed by atoms with Crippen LogP contribution in [0.4, 0.5) is 0 Å². The van der Waals surface area contributed by atoms with Crippen LogP contribution in [0.2, 0.25) is 0 Å². The number of aromatic nitrogens is 1. The van der Waals surface area contributed by atoms with Gasteiger partial charge in [-0.25, -0.2) is 0 Å². The maximum atomic E-state index is 12.8. The SMILES string of the molecule is COc1ccccc1CCNC(=O)c1cc2sccc2n1CC1CCC1. The number of hydrogen-bond acceptors (Lipinski definition) is 3. The van der Waals surface area contributed by atoms with Gasteiger partial charge in [-0.2, -0.15) is 0 Å². The summed E-state index contributed by atoms with van der Waals surface area (Å²) < 4.78 is 8.79. The van der Waals surface area contributed by atoms with Gasteiger partial charge in [-0.3, -0.25) is 4.79 Å². The summed E-state index contributed by atoms with van der Waals surface area (Å²) in [5.74, 6) is 1.60. The van der Waals surface area contributed by atoms with Crippen molar-refractivity contribution in [1.29, 1.82) is 0 Å². The second-order valence-electron chi connectivity index (χ2n) is 6.92. The highest BCUT2D eigenvalue weighted by molar-refractivity contribution is 7.17. The second-order valence-corrected chi connectivity index (χ2v) is 7.87. The summed E-state index contributed by atoms with van der Waals surface area (Å²) in [6, 6.07) is 12.1. The lowest BCUT2D eigenvalue weighted by molar-refractivity contribution is 0.0943. The van der Waals surface area contributed by atoms with Crippen molar-refractivity contribution < 1.29 is 9.53 Å².